The molecule has 19 heteroatoms. The fraction of sp³-hybridized carbons (Fsp3) is 0.951. The SMILES string of the molecule is CCCCCCCCCCCCCCC(=O)O[C@H](COC(=O)CCCCCCCCCCCCC)COP(=O)(O)OC[C@H](O)COP(=O)(O)OC[C@@H](COC(=O)CCCCCCCCCCCCCCC(C)C)OC(=O)CCCCCCCCCCCCCCCCCCCCC(C)CC. The molecule has 594 valence electrons. The van der Waals surface area contributed by atoms with Crippen LogP contribution in [0.3, 0.4) is 0 Å². The van der Waals surface area contributed by atoms with Crippen molar-refractivity contribution in [2.24, 2.45) is 11.8 Å². The average Bonchev–Trinajstić information content (AvgIpc) is 0.929. The molecule has 0 aliphatic carbocycles. The minimum Gasteiger partial charge on any atom is -0.462 e. The van der Waals surface area contributed by atoms with Crippen molar-refractivity contribution < 1.29 is 80.2 Å². The molecule has 100 heavy (non-hydrogen) atoms. The number of carbonyl (C=O) groups is 4. The van der Waals surface area contributed by atoms with Gasteiger partial charge in [-0.1, -0.05) is 375 Å². The van der Waals surface area contributed by atoms with E-state index in [0.717, 1.165) is 102 Å². The Kier molecular flexibility index (Phi) is 71.2. The van der Waals surface area contributed by atoms with Crippen LogP contribution < -0.4 is 0 Å². The van der Waals surface area contributed by atoms with E-state index in [9.17, 15) is 43.2 Å². The number of unbranched alkanes of at least 4 members (excludes halogenated alkanes) is 49. The third-order valence-electron chi connectivity index (χ3n) is 19.3. The van der Waals surface area contributed by atoms with Gasteiger partial charge in [0.15, 0.2) is 12.2 Å². The number of phosphoric acid groups is 2. The van der Waals surface area contributed by atoms with Crippen molar-refractivity contribution in [2.75, 3.05) is 39.6 Å². The number of aliphatic hydroxyl groups is 1. The van der Waals surface area contributed by atoms with Gasteiger partial charge in [-0.3, -0.25) is 37.3 Å². The summed E-state index contributed by atoms with van der Waals surface area (Å²) in [5.41, 5.74) is 0. The molecule has 0 bridgehead atoms. The number of hydrogen-bond donors (Lipinski definition) is 3. The van der Waals surface area contributed by atoms with Crippen LogP contribution in [0.15, 0.2) is 0 Å². The Labute approximate surface area is 613 Å². The fourth-order valence-corrected chi connectivity index (χ4v) is 14.1. The molecule has 0 amide bonds. The van der Waals surface area contributed by atoms with Gasteiger partial charge in [0.2, 0.25) is 0 Å². The Balaban J connectivity index is 5.21. The van der Waals surface area contributed by atoms with Crippen LogP contribution in [0.25, 0.3) is 0 Å². The Hall–Kier alpha value is -1.94. The van der Waals surface area contributed by atoms with Gasteiger partial charge in [0.1, 0.15) is 19.3 Å². The number of rotatable bonds is 80. The van der Waals surface area contributed by atoms with Gasteiger partial charge in [-0.15, -0.1) is 0 Å². The molecule has 0 aromatic carbocycles. The van der Waals surface area contributed by atoms with E-state index in [2.05, 4.69) is 41.5 Å². The molecule has 0 aliphatic heterocycles. The third-order valence-corrected chi connectivity index (χ3v) is 21.2. The molecular formula is C81H158O17P2. The van der Waals surface area contributed by atoms with E-state index < -0.39 is 97.5 Å². The van der Waals surface area contributed by atoms with Crippen LogP contribution in [0, 0.1) is 11.8 Å². The molecule has 17 nitrogen and oxygen atoms in total. The molecule has 0 aromatic rings. The van der Waals surface area contributed by atoms with E-state index in [0.29, 0.717) is 25.7 Å². The second kappa shape index (κ2) is 72.6. The van der Waals surface area contributed by atoms with Crippen molar-refractivity contribution in [3.63, 3.8) is 0 Å². The lowest BCUT2D eigenvalue weighted by Gasteiger charge is -2.21. The van der Waals surface area contributed by atoms with E-state index in [4.69, 9.17) is 37.0 Å². The van der Waals surface area contributed by atoms with Crippen molar-refractivity contribution in [3.05, 3.63) is 0 Å². The number of aliphatic hydroxyl groups excluding tert-OH is 1. The van der Waals surface area contributed by atoms with Gasteiger partial charge in [-0.2, -0.15) is 0 Å². The monoisotopic (exact) mass is 1470 g/mol. The Morgan fingerprint density at radius 2 is 0.510 bits per heavy atom. The van der Waals surface area contributed by atoms with Crippen LogP contribution in [0.5, 0.6) is 0 Å². The standard InChI is InChI=1S/C81H158O17P2/c1-7-10-12-14-16-18-20-34-41-47-53-59-65-80(85)97-76(69-91-78(83)63-57-51-45-39-31-19-17-15-13-11-8-2)71-95-99(87,88)93-67-75(82)68-94-100(89,90)96-72-77(70-92-79(84)64-58-52-46-40-35-30-29-32-37-43-49-55-61-73(4)5)98-81(86)66-60-54-48-42-36-28-26-24-22-21-23-25-27-33-38-44-50-56-62-74(6)9-3/h73-77,82H,7-72H2,1-6H3,(H,87,88)(H,89,90)/t74?,75-,76+,77+/m0/s1. The Bertz CT molecular complexity index is 1930. The lowest BCUT2D eigenvalue weighted by molar-refractivity contribution is -0.161. The summed E-state index contributed by atoms with van der Waals surface area (Å²) in [6, 6.07) is 0. The first-order valence-corrected chi connectivity index (χ1v) is 45.0. The molecule has 0 radical (unpaired) electrons. The highest BCUT2D eigenvalue weighted by Gasteiger charge is 2.30. The molecule has 0 spiro atoms. The van der Waals surface area contributed by atoms with Crippen molar-refractivity contribution >= 4 is 39.5 Å². The number of esters is 4. The molecular weight excluding hydrogens is 1310 g/mol. The van der Waals surface area contributed by atoms with Gasteiger partial charge in [-0.25, -0.2) is 9.13 Å². The molecule has 0 saturated carbocycles. The maximum Gasteiger partial charge on any atom is 0.472 e. The van der Waals surface area contributed by atoms with Gasteiger partial charge < -0.3 is 33.8 Å². The summed E-state index contributed by atoms with van der Waals surface area (Å²) in [7, 11) is -9.92. The van der Waals surface area contributed by atoms with Crippen LogP contribution in [-0.2, 0) is 65.4 Å². The first-order chi connectivity index (χ1) is 48.4. The van der Waals surface area contributed by atoms with Crippen LogP contribution >= 0.6 is 15.6 Å². The molecule has 0 rings (SSSR count). The van der Waals surface area contributed by atoms with E-state index in [1.54, 1.807) is 0 Å². The van der Waals surface area contributed by atoms with Gasteiger partial charge in [0.05, 0.1) is 26.4 Å². The number of hydrogen-bond acceptors (Lipinski definition) is 15. The predicted molar refractivity (Wildman–Crippen MR) is 409 cm³/mol. The summed E-state index contributed by atoms with van der Waals surface area (Å²) in [5.74, 6) is -0.455. The molecule has 3 unspecified atom stereocenters. The summed E-state index contributed by atoms with van der Waals surface area (Å²) in [4.78, 5) is 73.0. The van der Waals surface area contributed by atoms with E-state index in [-0.39, 0.29) is 25.7 Å². The third kappa shape index (κ3) is 73.0. The highest BCUT2D eigenvalue weighted by atomic mass is 31.2. The van der Waals surface area contributed by atoms with Crippen molar-refractivity contribution in [1.82, 2.24) is 0 Å². The van der Waals surface area contributed by atoms with Gasteiger partial charge >= 0.3 is 39.5 Å². The zero-order chi connectivity index (χ0) is 73.5. The summed E-state index contributed by atoms with van der Waals surface area (Å²) in [6.07, 6.45) is 62.3. The van der Waals surface area contributed by atoms with Crippen LogP contribution in [-0.4, -0.2) is 96.7 Å². The summed E-state index contributed by atoms with van der Waals surface area (Å²) in [6.45, 7) is 9.71. The quantitative estimate of drug-likeness (QED) is 0.0222. The lowest BCUT2D eigenvalue weighted by atomic mass is 9.99. The summed E-state index contributed by atoms with van der Waals surface area (Å²) < 4.78 is 68.7. The second-order valence-electron chi connectivity index (χ2n) is 29.9. The first-order valence-electron chi connectivity index (χ1n) is 42.0. The van der Waals surface area contributed by atoms with Crippen LogP contribution in [0.1, 0.15) is 427 Å². The minimum absolute atomic E-state index is 0.108. The normalized spacial score (nSPS) is 14.2. The zero-order valence-corrected chi connectivity index (χ0v) is 67.3. The van der Waals surface area contributed by atoms with Gasteiger partial charge in [0, 0.05) is 25.7 Å². The second-order valence-corrected chi connectivity index (χ2v) is 32.8. The molecule has 0 aromatic heterocycles. The maximum absolute atomic E-state index is 13.1. The van der Waals surface area contributed by atoms with Crippen molar-refractivity contribution in [3.8, 4) is 0 Å². The minimum atomic E-state index is -4.96. The van der Waals surface area contributed by atoms with Gasteiger partial charge in [-0.05, 0) is 37.5 Å². The first kappa shape index (κ1) is 98.1. The smallest absolute Gasteiger partial charge is 0.462 e. The maximum atomic E-state index is 13.1. The Morgan fingerprint density at radius 3 is 0.760 bits per heavy atom. The van der Waals surface area contributed by atoms with E-state index in [1.165, 1.54) is 244 Å². The van der Waals surface area contributed by atoms with Gasteiger partial charge in [0.25, 0.3) is 0 Å². The molecule has 6 atom stereocenters. The number of ether oxygens (including phenoxy) is 4. The Morgan fingerprint density at radius 1 is 0.290 bits per heavy atom. The van der Waals surface area contributed by atoms with Crippen LogP contribution in [0.4, 0.5) is 0 Å². The molecule has 0 saturated heterocycles. The molecule has 0 heterocycles. The predicted octanol–water partition coefficient (Wildman–Crippen LogP) is 24.3. The molecule has 0 aliphatic rings. The van der Waals surface area contributed by atoms with E-state index >= 15 is 0 Å². The molecule has 3 N–H and O–H groups in total. The van der Waals surface area contributed by atoms with E-state index in [1.807, 2.05) is 0 Å². The number of carbonyl (C=O) groups excluding carboxylic acids is 4. The number of phosphoric ester groups is 2. The van der Waals surface area contributed by atoms with Crippen molar-refractivity contribution in [1.29, 1.82) is 0 Å². The lowest BCUT2D eigenvalue weighted by Crippen LogP contribution is -2.30. The largest absolute Gasteiger partial charge is 0.472 e. The fourth-order valence-electron chi connectivity index (χ4n) is 12.5. The van der Waals surface area contributed by atoms with Crippen LogP contribution in [0.2, 0.25) is 0 Å². The average molecular weight is 1470 g/mol. The topological polar surface area (TPSA) is 237 Å². The highest BCUT2D eigenvalue weighted by molar-refractivity contribution is 7.47. The summed E-state index contributed by atoms with van der Waals surface area (Å²) in [5, 5.41) is 10.6. The molecule has 0 fully saturated rings. The summed E-state index contributed by atoms with van der Waals surface area (Å²) >= 11 is 0. The zero-order valence-electron chi connectivity index (χ0n) is 65.5. The highest BCUT2D eigenvalue weighted by Crippen LogP contribution is 2.45. The van der Waals surface area contributed by atoms with Crippen molar-refractivity contribution in [2.45, 2.75) is 445 Å².